The topological polar surface area (TPSA) is 71.2 Å². The van der Waals surface area contributed by atoms with Crippen molar-refractivity contribution in [2.75, 3.05) is 13.6 Å². The van der Waals surface area contributed by atoms with Crippen LogP contribution in [-0.4, -0.2) is 49.0 Å². The van der Waals surface area contributed by atoms with Crippen molar-refractivity contribution in [2.24, 2.45) is 0 Å². The number of amides is 1. The van der Waals surface area contributed by atoms with Crippen molar-refractivity contribution in [1.82, 2.24) is 18.8 Å². The fraction of sp³-hybridized carbons (Fsp3) is 0.316. The van der Waals surface area contributed by atoms with Gasteiger partial charge in [-0.1, -0.05) is 12.1 Å². The summed E-state index contributed by atoms with van der Waals surface area (Å²) in [5, 5.41) is 9.98. The van der Waals surface area contributed by atoms with Crippen LogP contribution in [-0.2, 0) is 0 Å². The van der Waals surface area contributed by atoms with E-state index in [1.807, 2.05) is 35.3 Å². The first kappa shape index (κ1) is 21.5. The van der Waals surface area contributed by atoms with Crippen LogP contribution in [0.1, 0.15) is 29.8 Å². The van der Waals surface area contributed by atoms with E-state index < -0.39 is 5.60 Å². The van der Waals surface area contributed by atoms with Crippen LogP contribution in [0.3, 0.4) is 0 Å². The van der Waals surface area contributed by atoms with E-state index >= 15 is 0 Å². The number of carbonyl (C=O) groups is 1. The van der Waals surface area contributed by atoms with Crippen LogP contribution < -0.4 is 0 Å². The lowest BCUT2D eigenvalue weighted by Gasteiger charge is -2.26. The van der Waals surface area contributed by atoms with E-state index in [-0.39, 0.29) is 12.5 Å². The summed E-state index contributed by atoms with van der Waals surface area (Å²) in [7, 11) is 3.23. The monoisotopic (exact) mass is 574 g/mol. The van der Waals surface area contributed by atoms with Gasteiger partial charge in [-0.25, -0.2) is 9.97 Å². The van der Waals surface area contributed by atoms with Crippen LogP contribution >= 0.6 is 46.3 Å². The van der Waals surface area contributed by atoms with Crippen LogP contribution in [0.2, 0.25) is 0 Å². The Morgan fingerprint density at radius 3 is 2.75 bits per heavy atom. The summed E-state index contributed by atoms with van der Waals surface area (Å²) in [6.45, 7) is 5.55. The molecule has 0 aliphatic rings. The Bertz CT molecular complexity index is 1050. The van der Waals surface area contributed by atoms with Gasteiger partial charge in [0.1, 0.15) is 10.1 Å². The first-order chi connectivity index (χ1) is 13.1. The molecule has 0 radical (unpaired) electrons. The zero-order chi connectivity index (χ0) is 20.6. The van der Waals surface area contributed by atoms with Crippen molar-refractivity contribution in [2.45, 2.75) is 26.4 Å². The van der Waals surface area contributed by atoms with E-state index in [0.29, 0.717) is 10.2 Å². The SMILES string of the molecule is Cc1cc(-c2cn(SI)c3ncc(Br)nc23)ccc1C(=O)N(C)CC(C)(C)O. The highest BCUT2D eigenvalue weighted by molar-refractivity contribution is 14.2. The Hall–Kier alpha value is -1.17. The molecule has 0 saturated carbocycles. The van der Waals surface area contributed by atoms with Crippen molar-refractivity contribution in [3.05, 3.63) is 46.3 Å². The Morgan fingerprint density at radius 1 is 1.43 bits per heavy atom. The normalized spacial score (nSPS) is 11.8. The number of halogens is 2. The second-order valence-electron chi connectivity index (χ2n) is 7.31. The lowest BCUT2D eigenvalue weighted by molar-refractivity contribution is 0.0367. The van der Waals surface area contributed by atoms with E-state index in [2.05, 4.69) is 47.1 Å². The molecule has 1 amide bonds. The van der Waals surface area contributed by atoms with Gasteiger partial charge in [-0.2, -0.15) is 0 Å². The second kappa shape index (κ2) is 8.29. The summed E-state index contributed by atoms with van der Waals surface area (Å²) in [5.41, 5.74) is 4.08. The van der Waals surface area contributed by atoms with Crippen LogP contribution in [0.25, 0.3) is 22.3 Å². The number of hydrogen-bond acceptors (Lipinski definition) is 5. The molecule has 2 aromatic heterocycles. The predicted octanol–water partition coefficient (Wildman–Crippen LogP) is 4.86. The molecule has 3 rings (SSSR count). The van der Waals surface area contributed by atoms with Crippen LogP contribution in [0.5, 0.6) is 0 Å². The van der Waals surface area contributed by atoms with Crippen molar-refractivity contribution < 1.29 is 9.90 Å². The highest BCUT2D eigenvalue weighted by Gasteiger charge is 2.22. The molecule has 0 aliphatic carbocycles. The molecule has 0 bridgehead atoms. The molecule has 0 fully saturated rings. The molecule has 0 aliphatic heterocycles. The molecule has 2 heterocycles. The van der Waals surface area contributed by atoms with E-state index in [0.717, 1.165) is 27.9 Å². The highest BCUT2D eigenvalue weighted by Crippen LogP contribution is 2.34. The smallest absolute Gasteiger partial charge is 0.253 e. The highest BCUT2D eigenvalue weighted by atomic mass is 127. The molecule has 6 nitrogen and oxygen atoms in total. The van der Waals surface area contributed by atoms with Gasteiger partial charge < -0.3 is 10.0 Å². The van der Waals surface area contributed by atoms with Gasteiger partial charge in [0.25, 0.3) is 5.91 Å². The Balaban J connectivity index is 2.00. The maximum absolute atomic E-state index is 12.8. The van der Waals surface area contributed by atoms with E-state index in [1.165, 1.54) is 9.12 Å². The molecular weight excluding hydrogens is 555 g/mol. The van der Waals surface area contributed by atoms with E-state index in [9.17, 15) is 9.90 Å². The van der Waals surface area contributed by atoms with Crippen LogP contribution in [0, 0.1) is 6.92 Å². The van der Waals surface area contributed by atoms with E-state index in [4.69, 9.17) is 0 Å². The van der Waals surface area contributed by atoms with Crippen molar-refractivity contribution in [3.63, 3.8) is 0 Å². The van der Waals surface area contributed by atoms with Gasteiger partial charge >= 0.3 is 0 Å². The van der Waals surface area contributed by atoms with Crippen molar-refractivity contribution in [3.8, 4) is 11.1 Å². The maximum atomic E-state index is 12.8. The third-order valence-electron chi connectivity index (χ3n) is 4.25. The van der Waals surface area contributed by atoms with Gasteiger partial charge in [0.05, 0.1) is 11.8 Å². The standard InChI is InChI=1S/C19H20BrIN4O2S/c1-11-7-12(5-6-13(11)18(26)24(4)10-19(2,3)27)14-9-25(28-21)17-16(14)23-15(20)8-22-17/h5-9,27H,10H2,1-4H3. The fourth-order valence-corrected chi connectivity index (χ4v) is 4.66. The van der Waals surface area contributed by atoms with Gasteiger partial charge in [0, 0.05) is 61.2 Å². The second-order valence-corrected chi connectivity index (χ2v) is 9.83. The van der Waals surface area contributed by atoms with Crippen LogP contribution in [0.4, 0.5) is 0 Å². The molecule has 1 N–H and O–H groups in total. The minimum Gasteiger partial charge on any atom is -0.389 e. The molecule has 9 heteroatoms. The Morgan fingerprint density at radius 2 is 2.14 bits per heavy atom. The lowest BCUT2D eigenvalue weighted by Crippen LogP contribution is -2.39. The first-order valence-corrected chi connectivity index (χ1v) is 12.6. The number of fused-ring (bicyclic) bond motifs is 1. The number of likely N-dealkylation sites (N-methyl/N-ethyl adjacent to an activating group) is 1. The predicted molar refractivity (Wildman–Crippen MR) is 126 cm³/mol. The number of aryl methyl sites for hydroxylation is 1. The molecule has 148 valence electrons. The number of hydrogen-bond donors (Lipinski definition) is 1. The molecule has 1 aromatic carbocycles. The fourth-order valence-electron chi connectivity index (χ4n) is 3.14. The number of carbonyl (C=O) groups excluding carboxylic acids is 1. The minimum atomic E-state index is -0.941. The largest absolute Gasteiger partial charge is 0.389 e. The molecule has 0 spiro atoms. The summed E-state index contributed by atoms with van der Waals surface area (Å²) in [4.78, 5) is 23.4. The molecule has 3 aromatic rings. The van der Waals surface area contributed by atoms with Crippen LogP contribution in [0.15, 0.2) is 35.2 Å². The summed E-state index contributed by atoms with van der Waals surface area (Å²) in [6.07, 6.45) is 3.69. The maximum Gasteiger partial charge on any atom is 0.253 e. The average Bonchev–Trinajstić information content (AvgIpc) is 2.97. The van der Waals surface area contributed by atoms with Crippen molar-refractivity contribution >= 4 is 63.3 Å². The third kappa shape index (κ3) is 4.52. The van der Waals surface area contributed by atoms with Gasteiger partial charge in [0.15, 0.2) is 5.65 Å². The van der Waals surface area contributed by atoms with Gasteiger partial charge in [-0.3, -0.25) is 8.77 Å². The van der Waals surface area contributed by atoms with Gasteiger partial charge in [-0.15, -0.1) is 0 Å². The van der Waals surface area contributed by atoms with Gasteiger partial charge in [0.2, 0.25) is 0 Å². The van der Waals surface area contributed by atoms with Gasteiger partial charge in [-0.05, 0) is 53.9 Å². The summed E-state index contributed by atoms with van der Waals surface area (Å²) in [5.74, 6) is -0.112. The number of aromatic nitrogens is 3. The van der Waals surface area contributed by atoms with E-state index in [1.54, 1.807) is 32.0 Å². The third-order valence-corrected chi connectivity index (χ3v) is 6.33. The lowest BCUT2D eigenvalue weighted by atomic mass is 10.00. The number of nitrogens with zero attached hydrogens (tertiary/aromatic N) is 4. The summed E-state index contributed by atoms with van der Waals surface area (Å²) < 4.78 is 2.64. The summed E-state index contributed by atoms with van der Waals surface area (Å²) >= 11 is 5.60. The Labute approximate surface area is 188 Å². The molecule has 28 heavy (non-hydrogen) atoms. The summed E-state index contributed by atoms with van der Waals surface area (Å²) in [6, 6.07) is 5.75. The average molecular weight is 575 g/mol. The zero-order valence-corrected chi connectivity index (χ0v) is 20.5. The number of rotatable bonds is 5. The van der Waals surface area contributed by atoms with Crippen molar-refractivity contribution in [1.29, 1.82) is 0 Å². The zero-order valence-electron chi connectivity index (χ0n) is 15.9. The Kier molecular flexibility index (Phi) is 6.38. The molecular formula is C19H20BrIN4O2S. The minimum absolute atomic E-state index is 0.112. The molecule has 0 saturated heterocycles. The number of aliphatic hydroxyl groups is 1. The molecule has 0 atom stereocenters. The quantitative estimate of drug-likeness (QED) is 0.441. The molecule has 0 unspecified atom stereocenters. The first-order valence-electron chi connectivity index (χ1n) is 8.52. The number of benzene rings is 1.